The summed E-state index contributed by atoms with van der Waals surface area (Å²) in [6.07, 6.45) is 7.71. The number of carbonyl (C=O) groups excluding carboxylic acids is 1. The third-order valence-corrected chi connectivity index (χ3v) is 4.94. The SMILES string of the molecule is COc1ccc2cc(C(=O)N(c3ccccn3)C3CCCC3)cnc2c1. The second kappa shape index (κ2) is 7.12. The van der Waals surface area contributed by atoms with Gasteiger partial charge in [-0.15, -0.1) is 0 Å². The molecular formula is C21H21N3O2. The molecular weight excluding hydrogens is 326 g/mol. The average molecular weight is 347 g/mol. The van der Waals surface area contributed by atoms with Gasteiger partial charge in [0, 0.05) is 29.9 Å². The van der Waals surface area contributed by atoms with Crippen LogP contribution in [0.3, 0.4) is 0 Å². The maximum Gasteiger partial charge on any atom is 0.261 e. The highest BCUT2D eigenvalue weighted by atomic mass is 16.5. The van der Waals surface area contributed by atoms with E-state index in [4.69, 9.17) is 4.74 Å². The number of aromatic nitrogens is 2. The van der Waals surface area contributed by atoms with Crippen molar-refractivity contribution in [3.8, 4) is 5.75 Å². The van der Waals surface area contributed by atoms with Gasteiger partial charge in [-0.2, -0.15) is 0 Å². The molecule has 1 aliphatic rings. The van der Waals surface area contributed by atoms with Crippen molar-refractivity contribution in [2.24, 2.45) is 0 Å². The molecule has 2 aromatic heterocycles. The summed E-state index contributed by atoms with van der Waals surface area (Å²) >= 11 is 0. The van der Waals surface area contributed by atoms with Crippen LogP contribution >= 0.6 is 0 Å². The van der Waals surface area contributed by atoms with Crippen LogP contribution in [0.15, 0.2) is 54.9 Å². The monoisotopic (exact) mass is 347 g/mol. The number of pyridine rings is 2. The van der Waals surface area contributed by atoms with E-state index in [1.54, 1.807) is 19.5 Å². The van der Waals surface area contributed by atoms with Gasteiger partial charge in [0.15, 0.2) is 0 Å². The zero-order valence-corrected chi connectivity index (χ0v) is 14.8. The Morgan fingerprint density at radius 2 is 1.96 bits per heavy atom. The van der Waals surface area contributed by atoms with Gasteiger partial charge in [-0.1, -0.05) is 18.9 Å². The molecule has 26 heavy (non-hydrogen) atoms. The highest BCUT2D eigenvalue weighted by Gasteiger charge is 2.29. The predicted octanol–water partition coefficient (Wildman–Crippen LogP) is 4.23. The number of methoxy groups -OCH3 is 1. The van der Waals surface area contributed by atoms with E-state index in [0.29, 0.717) is 11.4 Å². The Balaban J connectivity index is 1.72. The third-order valence-electron chi connectivity index (χ3n) is 4.94. The van der Waals surface area contributed by atoms with Crippen molar-refractivity contribution in [3.05, 3.63) is 60.4 Å². The van der Waals surface area contributed by atoms with Gasteiger partial charge in [-0.25, -0.2) is 4.98 Å². The lowest BCUT2D eigenvalue weighted by Crippen LogP contribution is -2.39. The molecule has 0 atom stereocenters. The highest BCUT2D eigenvalue weighted by Crippen LogP contribution is 2.29. The van der Waals surface area contributed by atoms with Gasteiger partial charge in [0.25, 0.3) is 5.91 Å². The van der Waals surface area contributed by atoms with Crippen LogP contribution < -0.4 is 9.64 Å². The van der Waals surface area contributed by atoms with Crippen molar-refractivity contribution in [3.63, 3.8) is 0 Å². The van der Waals surface area contributed by atoms with Gasteiger partial charge in [0.2, 0.25) is 0 Å². The normalized spacial score (nSPS) is 14.5. The zero-order chi connectivity index (χ0) is 17.9. The van der Waals surface area contributed by atoms with Crippen molar-refractivity contribution in [2.45, 2.75) is 31.7 Å². The summed E-state index contributed by atoms with van der Waals surface area (Å²) in [5.74, 6) is 1.42. The number of ether oxygens (including phenoxy) is 1. The number of amides is 1. The number of hydrogen-bond donors (Lipinski definition) is 0. The minimum atomic E-state index is -0.0409. The lowest BCUT2D eigenvalue weighted by atomic mass is 10.1. The molecule has 0 spiro atoms. The van der Waals surface area contributed by atoms with Gasteiger partial charge >= 0.3 is 0 Å². The van der Waals surface area contributed by atoms with E-state index in [9.17, 15) is 4.79 Å². The van der Waals surface area contributed by atoms with Crippen molar-refractivity contribution < 1.29 is 9.53 Å². The number of carbonyl (C=O) groups is 1. The maximum atomic E-state index is 13.3. The standard InChI is InChI=1S/C21H21N3O2/c1-26-18-10-9-15-12-16(14-23-19(15)13-18)21(25)24(17-6-2-3-7-17)20-8-4-5-11-22-20/h4-5,8-14,17H,2-3,6-7H2,1H3. The second-order valence-electron chi connectivity index (χ2n) is 6.58. The molecule has 132 valence electrons. The molecule has 5 nitrogen and oxygen atoms in total. The lowest BCUT2D eigenvalue weighted by Gasteiger charge is -2.28. The van der Waals surface area contributed by atoms with Crippen LogP contribution in [-0.4, -0.2) is 29.0 Å². The van der Waals surface area contributed by atoms with Gasteiger partial charge in [0.05, 0.1) is 18.2 Å². The lowest BCUT2D eigenvalue weighted by molar-refractivity contribution is 0.0976. The van der Waals surface area contributed by atoms with E-state index in [1.807, 2.05) is 47.4 Å². The second-order valence-corrected chi connectivity index (χ2v) is 6.58. The Labute approximate surface area is 152 Å². The van der Waals surface area contributed by atoms with Crippen molar-refractivity contribution in [2.75, 3.05) is 12.0 Å². The summed E-state index contributed by atoms with van der Waals surface area (Å²) in [4.78, 5) is 24.1. The smallest absolute Gasteiger partial charge is 0.261 e. The largest absolute Gasteiger partial charge is 0.497 e. The fourth-order valence-electron chi connectivity index (χ4n) is 3.60. The fourth-order valence-corrected chi connectivity index (χ4v) is 3.60. The van der Waals surface area contributed by atoms with Gasteiger partial charge in [0.1, 0.15) is 11.6 Å². The number of anilines is 1. The van der Waals surface area contributed by atoms with Gasteiger partial charge < -0.3 is 4.74 Å². The maximum absolute atomic E-state index is 13.3. The molecule has 0 N–H and O–H groups in total. The first kappa shape index (κ1) is 16.5. The van der Waals surface area contributed by atoms with Crippen molar-refractivity contribution in [1.82, 2.24) is 9.97 Å². The first-order valence-corrected chi connectivity index (χ1v) is 8.94. The molecule has 3 aromatic rings. The quantitative estimate of drug-likeness (QED) is 0.709. The van der Waals surface area contributed by atoms with Crippen LogP contribution in [0.2, 0.25) is 0 Å². The molecule has 1 saturated carbocycles. The number of benzene rings is 1. The van der Waals surface area contributed by atoms with Crippen LogP contribution in [-0.2, 0) is 0 Å². The van der Waals surface area contributed by atoms with Gasteiger partial charge in [-0.3, -0.25) is 14.7 Å². The molecule has 0 aliphatic heterocycles. The molecule has 0 unspecified atom stereocenters. The van der Waals surface area contributed by atoms with E-state index < -0.39 is 0 Å². The molecule has 1 aromatic carbocycles. The fraction of sp³-hybridized carbons (Fsp3) is 0.286. The molecule has 0 saturated heterocycles. The summed E-state index contributed by atoms with van der Waals surface area (Å²) in [7, 11) is 1.63. The van der Waals surface area contributed by atoms with E-state index in [-0.39, 0.29) is 11.9 Å². The summed E-state index contributed by atoms with van der Waals surface area (Å²) in [5.41, 5.74) is 1.39. The first-order valence-electron chi connectivity index (χ1n) is 8.94. The summed E-state index contributed by atoms with van der Waals surface area (Å²) < 4.78 is 5.24. The summed E-state index contributed by atoms with van der Waals surface area (Å²) in [5, 5.41) is 0.920. The van der Waals surface area contributed by atoms with Crippen LogP contribution in [0.25, 0.3) is 10.9 Å². The minimum Gasteiger partial charge on any atom is -0.497 e. The average Bonchev–Trinajstić information content (AvgIpc) is 3.22. The molecule has 1 aliphatic carbocycles. The number of rotatable bonds is 4. The number of nitrogens with zero attached hydrogens (tertiary/aromatic N) is 3. The van der Waals surface area contributed by atoms with E-state index >= 15 is 0 Å². The molecule has 2 heterocycles. The molecule has 1 amide bonds. The van der Waals surface area contributed by atoms with Gasteiger partial charge in [-0.05, 0) is 43.2 Å². The molecule has 0 radical (unpaired) electrons. The number of hydrogen-bond acceptors (Lipinski definition) is 4. The summed E-state index contributed by atoms with van der Waals surface area (Å²) in [6.45, 7) is 0. The molecule has 5 heteroatoms. The third kappa shape index (κ3) is 3.12. The Kier molecular flexibility index (Phi) is 4.52. The van der Waals surface area contributed by atoms with E-state index in [2.05, 4.69) is 9.97 Å². The van der Waals surface area contributed by atoms with E-state index in [0.717, 1.165) is 42.3 Å². The van der Waals surface area contributed by atoms with Crippen LogP contribution in [0, 0.1) is 0 Å². The topological polar surface area (TPSA) is 55.3 Å². The van der Waals surface area contributed by atoms with Crippen molar-refractivity contribution >= 4 is 22.6 Å². The number of fused-ring (bicyclic) bond motifs is 1. The Morgan fingerprint density at radius 3 is 2.69 bits per heavy atom. The Morgan fingerprint density at radius 1 is 1.12 bits per heavy atom. The Bertz CT molecular complexity index is 921. The van der Waals surface area contributed by atoms with E-state index in [1.165, 1.54) is 0 Å². The van der Waals surface area contributed by atoms with Crippen LogP contribution in [0.5, 0.6) is 5.75 Å². The minimum absolute atomic E-state index is 0.0409. The Hall–Kier alpha value is -2.95. The van der Waals surface area contributed by atoms with Crippen LogP contribution in [0.4, 0.5) is 5.82 Å². The molecule has 1 fully saturated rings. The highest BCUT2D eigenvalue weighted by molar-refractivity contribution is 6.07. The predicted molar refractivity (Wildman–Crippen MR) is 102 cm³/mol. The molecule has 4 rings (SSSR count). The van der Waals surface area contributed by atoms with Crippen LogP contribution in [0.1, 0.15) is 36.0 Å². The zero-order valence-electron chi connectivity index (χ0n) is 14.8. The molecule has 0 bridgehead atoms. The first-order chi connectivity index (χ1) is 12.8. The summed E-state index contributed by atoms with van der Waals surface area (Å²) in [6, 6.07) is 13.5. The van der Waals surface area contributed by atoms with Crippen molar-refractivity contribution in [1.29, 1.82) is 0 Å².